The smallest absolute Gasteiger partial charge is 0.237 e. The molecule has 156 valence electrons. The van der Waals surface area contributed by atoms with Gasteiger partial charge in [-0.3, -0.25) is 9.36 Å². The van der Waals surface area contributed by atoms with Gasteiger partial charge >= 0.3 is 0 Å². The maximum Gasteiger partial charge on any atom is 0.237 e. The quantitative estimate of drug-likeness (QED) is 0.425. The zero-order valence-electron chi connectivity index (χ0n) is 17.8. The molecule has 0 radical (unpaired) electrons. The van der Waals surface area contributed by atoms with Crippen molar-refractivity contribution in [1.29, 1.82) is 0 Å². The van der Waals surface area contributed by atoms with Gasteiger partial charge in [-0.25, -0.2) is 0 Å². The number of carbonyl (C=O) groups excluding carboxylic acids is 1. The largest absolute Gasteiger partial charge is 0.378 e. The van der Waals surface area contributed by atoms with E-state index in [4.69, 9.17) is 0 Å². The van der Waals surface area contributed by atoms with Crippen LogP contribution in [0, 0.1) is 6.92 Å². The van der Waals surface area contributed by atoms with Gasteiger partial charge in [0.15, 0.2) is 11.0 Å². The summed E-state index contributed by atoms with van der Waals surface area (Å²) in [5.41, 5.74) is 4.00. The summed E-state index contributed by atoms with van der Waals surface area (Å²) in [4.78, 5) is 14.7. The molecule has 0 spiro atoms. The zero-order valence-corrected chi connectivity index (χ0v) is 18.6. The number of amides is 1. The fourth-order valence-corrected chi connectivity index (χ4v) is 3.82. The molecule has 1 aromatic heterocycles. The third kappa shape index (κ3) is 5.10. The number of rotatable bonds is 8. The Morgan fingerprint density at radius 1 is 1.23 bits per heavy atom. The van der Waals surface area contributed by atoms with Crippen LogP contribution in [0.2, 0.25) is 0 Å². The van der Waals surface area contributed by atoms with Gasteiger partial charge in [-0.2, -0.15) is 0 Å². The minimum Gasteiger partial charge on any atom is -0.378 e. The Kier molecular flexibility index (Phi) is 6.95. The van der Waals surface area contributed by atoms with E-state index in [2.05, 4.69) is 28.2 Å². The number of nitrogens with one attached hydrogen (secondary N) is 1. The number of aromatic nitrogens is 3. The number of hydrogen-bond donors (Lipinski definition) is 1. The maximum absolute atomic E-state index is 12.7. The van der Waals surface area contributed by atoms with Crippen molar-refractivity contribution in [2.45, 2.75) is 30.8 Å². The molecule has 0 fully saturated rings. The second-order valence-electron chi connectivity index (χ2n) is 7.27. The molecule has 3 rings (SSSR count). The molecule has 0 saturated heterocycles. The summed E-state index contributed by atoms with van der Waals surface area (Å²) in [5.74, 6) is 0.691. The first kappa shape index (κ1) is 21.6. The number of hydrogen-bond acceptors (Lipinski definition) is 5. The molecule has 6 nitrogen and oxygen atoms in total. The van der Waals surface area contributed by atoms with E-state index < -0.39 is 0 Å². The summed E-state index contributed by atoms with van der Waals surface area (Å²) >= 11 is 1.39. The van der Waals surface area contributed by atoms with Crippen molar-refractivity contribution in [3.8, 4) is 11.4 Å². The molecule has 0 aliphatic carbocycles. The van der Waals surface area contributed by atoms with E-state index in [0.29, 0.717) is 11.7 Å². The third-order valence-electron chi connectivity index (χ3n) is 4.61. The van der Waals surface area contributed by atoms with Crippen molar-refractivity contribution in [3.63, 3.8) is 0 Å². The lowest BCUT2D eigenvalue weighted by atomic mass is 10.1. The van der Waals surface area contributed by atoms with Gasteiger partial charge in [0, 0.05) is 37.6 Å². The zero-order chi connectivity index (χ0) is 21.7. The van der Waals surface area contributed by atoms with E-state index >= 15 is 0 Å². The molecule has 1 N–H and O–H groups in total. The highest BCUT2D eigenvalue weighted by Gasteiger charge is 2.20. The van der Waals surface area contributed by atoms with Crippen LogP contribution in [-0.2, 0) is 11.3 Å². The van der Waals surface area contributed by atoms with Gasteiger partial charge in [0.2, 0.25) is 5.91 Å². The van der Waals surface area contributed by atoms with Crippen molar-refractivity contribution < 1.29 is 4.79 Å². The van der Waals surface area contributed by atoms with Gasteiger partial charge in [-0.1, -0.05) is 41.6 Å². The van der Waals surface area contributed by atoms with Crippen LogP contribution in [0.25, 0.3) is 11.4 Å². The van der Waals surface area contributed by atoms with Crippen LogP contribution in [-0.4, -0.2) is 40.0 Å². The van der Waals surface area contributed by atoms with Gasteiger partial charge in [0.1, 0.15) is 0 Å². The van der Waals surface area contributed by atoms with E-state index in [9.17, 15) is 4.79 Å². The molecule has 7 heteroatoms. The van der Waals surface area contributed by atoms with Gasteiger partial charge in [0.05, 0.1) is 5.25 Å². The van der Waals surface area contributed by atoms with Gasteiger partial charge in [0.25, 0.3) is 0 Å². The normalized spacial score (nSPS) is 11.7. The van der Waals surface area contributed by atoms with Crippen molar-refractivity contribution in [3.05, 3.63) is 66.7 Å². The molecule has 2 aromatic carbocycles. The highest BCUT2D eigenvalue weighted by molar-refractivity contribution is 8.00. The second-order valence-corrected chi connectivity index (χ2v) is 8.57. The standard InChI is InChI=1S/C23H27N5OS/c1-6-14-28-21(18-9-7-8-16(2)15-18)25-26-23(28)30-17(3)22(29)24-19-10-12-20(13-11-19)27(4)5/h6-13,15,17H,1,14H2,2-5H3,(H,24,29). The highest BCUT2D eigenvalue weighted by Crippen LogP contribution is 2.28. The van der Waals surface area contributed by atoms with Crippen LogP contribution in [0.15, 0.2) is 66.3 Å². The number of carbonyl (C=O) groups is 1. The second kappa shape index (κ2) is 9.63. The van der Waals surface area contributed by atoms with Crippen molar-refractivity contribution >= 4 is 29.0 Å². The van der Waals surface area contributed by atoms with E-state index in [1.165, 1.54) is 11.8 Å². The van der Waals surface area contributed by atoms with Crippen LogP contribution >= 0.6 is 11.8 Å². The SMILES string of the molecule is C=CCn1c(SC(C)C(=O)Nc2ccc(N(C)C)cc2)nnc1-c1cccc(C)c1. The summed E-state index contributed by atoms with van der Waals surface area (Å²) in [6, 6.07) is 15.9. The van der Waals surface area contributed by atoms with Crippen molar-refractivity contribution in [1.82, 2.24) is 14.8 Å². The molecule has 0 aliphatic rings. The first-order chi connectivity index (χ1) is 14.4. The lowest BCUT2D eigenvalue weighted by Gasteiger charge is -2.15. The van der Waals surface area contributed by atoms with Gasteiger partial charge < -0.3 is 10.2 Å². The van der Waals surface area contributed by atoms with Crippen LogP contribution in [0.3, 0.4) is 0 Å². The number of aryl methyl sites for hydroxylation is 1. The molecule has 1 heterocycles. The number of allylic oxidation sites excluding steroid dienone is 1. The summed E-state index contributed by atoms with van der Waals surface area (Å²) in [5, 5.41) is 12.0. The molecule has 30 heavy (non-hydrogen) atoms. The molecular formula is C23H27N5OS. The van der Waals surface area contributed by atoms with Gasteiger partial charge in [-0.15, -0.1) is 16.8 Å². The Balaban J connectivity index is 1.74. The molecule has 0 saturated carbocycles. The van der Waals surface area contributed by atoms with Crippen LogP contribution < -0.4 is 10.2 Å². The summed E-state index contributed by atoms with van der Waals surface area (Å²) in [6.45, 7) is 8.33. The third-order valence-corrected chi connectivity index (χ3v) is 5.69. The number of nitrogens with zero attached hydrogens (tertiary/aromatic N) is 4. The minimum atomic E-state index is -0.336. The molecule has 3 aromatic rings. The van der Waals surface area contributed by atoms with Crippen molar-refractivity contribution in [2.75, 3.05) is 24.3 Å². The molecule has 0 aliphatic heterocycles. The lowest BCUT2D eigenvalue weighted by molar-refractivity contribution is -0.115. The summed E-state index contributed by atoms with van der Waals surface area (Å²) in [7, 11) is 3.97. The Morgan fingerprint density at radius 3 is 2.60 bits per heavy atom. The summed E-state index contributed by atoms with van der Waals surface area (Å²) < 4.78 is 1.99. The van der Waals surface area contributed by atoms with Gasteiger partial charge in [-0.05, 0) is 44.2 Å². The van der Waals surface area contributed by atoms with Crippen LogP contribution in [0.4, 0.5) is 11.4 Å². The van der Waals surface area contributed by atoms with Crippen LogP contribution in [0.5, 0.6) is 0 Å². The number of benzene rings is 2. The fourth-order valence-electron chi connectivity index (χ4n) is 2.97. The summed E-state index contributed by atoms with van der Waals surface area (Å²) in [6.07, 6.45) is 1.81. The Morgan fingerprint density at radius 2 is 1.97 bits per heavy atom. The molecule has 1 atom stereocenters. The van der Waals surface area contributed by atoms with E-state index in [1.54, 1.807) is 0 Å². The number of thioether (sulfide) groups is 1. The Labute approximate surface area is 182 Å². The minimum absolute atomic E-state index is 0.0807. The maximum atomic E-state index is 12.7. The van der Waals surface area contributed by atoms with E-state index in [-0.39, 0.29) is 11.2 Å². The first-order valence-electron chi connectivity index (χ1n) is 9.75. The van der Waals surface area contributed by atoms with Crippen molar-refractivity contribution in [2.24, 2.45) is 0 Å². The average Bonchev–Trinajstić information content (AvgIpc) is 3.11. The van der Waals surface area contributed by atoms with E-state index in [0.717, 1.165) is 28.3 Å². The monoisotopic (exact) mass is 421 g/mol. The topological polar surface area (TPSA) is 63.1 Å². The molecule has 1 amide bonds. The lowest BCUT2D eigenvalue weighted by Crippen LogP contribution is -2.23. The Bertz CT molecular complexity index is 1030. The van der Waals surface area contributed by atoms with E-state index in [1.807, 2.05) is 86.0 Å². The number of anilines is 2. The molecule has 1 unspecified atom stereocenters. The fraction of sp³-hybridized carbons (Fsp3) is 0.261. The predicted molar refractivity (Wildman–Crippen MR) is 125 cm³/mol. The van der Waals surface area contributed by atoms with Crippen LogP contribution in [0.1, 0.15) is 12.5 Å². The highest BCUT2D eigenvalue weighted by atomic mass is 32.2. The predicted octanol–water partition coefficient (Wildman–Crippen LogP) is 4.62. The first-order valence-corrected chi connectivity index (χ1v) is 10.6. The molecular weight excluding hydrogens is 394 g/mol. The molecule has 0 bridgehead atoms. The Hall–Kier alpha value is -3.06. The average molecular weight is 422 g/mol.